The van der Waals surface area contributed by atoms with Gasteiger partial charge in [-0.15, -0.1) is 0 Å². The van der Waals surface area contributed by atoms with E-state index in [9.17, 15) is 0 Å². The second kappa shape index (κ2) is 5.83. The molecule has 0 unspecified atom stereocenters. The highest BCUT2D eigenvalue weighted by molar-refractivity contribution is 4.75. The van der Waals surface area contributed by atoms with Crippen LogP contribution in [0.3, 0.4) is 0 Å². The topological polar surface area (TPSA) is 15.7 Å². The Morgan fingerprint density at radius 3 is 2.00 bits per heavy atom. The van der Waals surface area contributed by atoms with Gasteiger partial charge < -0.3 is 9.64 Å². The SMILES string of the molecule is COCCN1CCN(CC(C)(C)C)CC1. The highest BCUT2D eigenvalue weighted by atomic mass is 16.5. The normalized spacial score (nSPS) is 20.8. The summed E-state index contributed by atoms with van der Waals surface area (Å²) in [5.41, 5.74) is 0.425. The van der Waals surface area contributed by atoms with E-state index in [1.807, 2.05) is 0 Å². The second-order valence-corrected chi connectivity index (χ2v) is 5.67. The highest BCUT2D eigenvalue weighted by Crippen LogP contribution is 2.16. The fourth-order valence-electron chi connectivity index (χ4n) is 2.06. The smallest absolute Gasteiger partial charge is 0.0589 e. The van der Waals surface area contributed by atoms with E-state index in [0.29, 0.717) is 5.41 Å². The zero-order valence-corrected chi connectivity index (χ0v) is 10.8. The predicted molar refractivity (Wildman–Crippen MR) is 64.2 cm³/mol. The van der Waals surface area contributed by atoms with E-state index in [0.717, 1.165) is 13.2 Å². The van der Waals surface area contributed by atoms with Gasteiger partial charge in [0.25, 0.3) is 0 Å². The Balaban J connectivity index is 2.18. The number of hydrogen-bond acceptors (Lipinski definition) is 3. The van der Waals surface area contributed by atoms with Gasteiger partial charge in [0.05, 0.1) is 6.61 Å². The Morgan fingerprint density at radius 2 is 1.53 bits per heavy atom. The zero-order valence-electron chi connectivity index (χ0n) is 10.8. The molecule has 0 aromatic rings. The van der Waals surface area contributed by atoms with Gasteiger partial charge in [-0.2, -0.15) is 0 Å². The molecule has 0 radical (unpaired) electrons. The average molecular weight is 214 g/mol. The second-order valence-electron chi connectivity index (χ2n) is 5.67. The molecule has 1 aliphatic heterocycles. The van der Waals surface area contributed by atoms with Crippen LogP contribution in [0.15, 0.2) is 0 Å². The Hall–Kier alpha value is -0.120. The monoisotopic (exact) mass is 214 g/mol. The van der Waals surface area contributed by atoms with Gasteiger partial charge in [-0.25, -0.2) is 0 Å². The Kier molecular flexibility index (Phi) is 5.03. The number of nitrogens with zero attached hydrogens (tertiary/aromatic N) is 2. The maximum absolute atomic E-state index is 5.10. The van der Waals surface area contributed by atoms with Crippen LogP contribution >= 0.6 is 0 Å². The number of methoxy groups -OCH3 is 1. The third-order valence-electron chi connectivity index (χ3n) is 2.77. The van der Waals surface area contributed by atoms with Crippen molar-refractivity contribution in [2.45, 2.75) is 20.8 Å². The van der Waals surface area contributed by atoms with Crippen molar-refractivity contribution in [2.24, 2.45) is 5.41 Å². The minimum Gasteiger partial charge on any atom is -0.383 e. The van der Waals surface area contributed by atoms with Gasteiger partial charge in [0.2, 0.25) is 0 Å². The average Bonchev–Trinajstić information content (AvgIpc) is 2.14. The van der Waals surface area contributed by atoms with E-state index < -0.39 is 0 Å². The minimum absolute atomic E-state index is 0.425. The molecule has 15 heavy (non-hydrogen) atoms. The van der Waals surface area contributed by atoms with Gasteiger partial charge in [-0.1, -0.05) is 20.8 Å². The van der Waals surface area contributed by atoms with Crippen LogP contribution in [0.2, 0.25) is 0 Å². The molecule has 0 bridgehead atoms. The molecule has 0 aromatic heterocycles. The molecule has 1 saturated heterocycles. The quantitative estimate of drug-likeness (QED) is 0.701. The number of rotatable bonds is 4. The van der Waals surface area contributed by atoms with Crippen LogP contribution < -0.4 is 0 Å². The molecule has 90 valence electrons. The van der Waals surface area contributed by atoms with Crippen LogP contribution in [-0.2, 0) is 4.74 Å². The third-order valence-corrected chi connectivity index (χ3v) is 2.77. The molecule has 3 heteroatoms. The lowest BCUT2D eigenvalue weighted by Crippen LogP contribution is -2.49. The van der Waals surface area contributed by atoms with Gasteiger partial charge in [0, 0.05) is 46.4 Å². The van der Waals surface area contributed by atoms with E-state index in [-0.39, 0.29) is 0 Å². The number of ether oxygens (including phenoxy) is 1. The molecule has 0 N–H and O–H groups in total. The molecule has 3 nitrogen and oxygen atoms in total. The fraction of sp³-hybridized carbons (Fsp3) is 1.00. The van der Waals surface area contributed by atoms with E-state index in [1.165, 1.54) is 32.7 Å². The van der Waals surface area contributed by atoms with Gasteiger partial charge in [-0.05, 0) is 5.41 Å². The lowest BCUT2D eigenvalue weighted by Gasteiger charge is -2.37. The molecule has 1 heterocycles. The van der Waals surface area contributed by atoms with Crippen LogP contribution in [0.5, 0.6) is 0 Å². The molecule has 0 spiro atoms. The summed E-state index contributed by atoms with van der Waals surface area (Å²) >= 11 is 0. The van der Waals surface area contributed by atoms with Gasteiger partial charge >= 0.3 is 0 Å². The molecular formula is C12H26N2O. The van der Waals surface area contributed by atoms with Gasteiger partial charge in [0.1, 0.15) is 0 Å². The first kappa shape index (κ1) is 12.9. The summed E-state index contributed by atoms with van der Waals surface area (Å²) in [5, 5.41) is 0. The zero-order chi connectivity index (χ0) is 11.3. The Morgan fingerprint density at radius 1 is 1.00 bits per heavy atom. The maximum atomic E-state index is 5.10. The minimum atomic E-state index is 0.425. The largest absolute Gasteiger partial charge is 0.383 e. The number of hydrogen-bond donors (Lipinski definition) is 0. The molecule has 1 fully saturated rings. The van der Waals surface area contributed by atoms with Crippen molar-refractivity contribution in [1.82, 2.24) is 9.80 Å². The van der Waals surface area contributed by atoms with Crippen molar-refractivity contribution in [3.63, 3.8) is 0 Å². The van der Waals surface area contributed by atoms with Crippen LogP contribution in [-0.4, -0.2) is 62.8 Å². The molecule has 1 rings (SSSR count). The fourth-order valence-corrected chi connectivity index (χ4v) is 2.06. The Bertz CT molecular complexity index is 169. The highest BCUT2D eigenvalue weighted by Gasteiger charge is 2.20. The van der Waals surface area contributed by atoms with E-state index in [4.69, 9.17) is 4.74 Å². The molecular weight excluding hydrogens is 188 g/mol. The molecule has 0 atom stereocenters. The van der Waals surface area contributed by atoms with Gasteiger partial charge in [-0.3, -0.25) is 4.90 Å². The molecule has 1 aliphatic rings. The molecule has 0 aliphatic carbocycles. The Labute approximate surface area is 94.4 Å². The van der Waals surface area contributed by atoms with Crippen LogP contribution in [0, 0.1) is 5.41 Å². The van der Waals surface area contributed by atoms with E-state index >= 15 is 0 Å². The summed E-state index contributed by atoms with van der Waals surface area (Å²) in [6, 6.07) is 0. The van der Waals surface area contributed by atoms with Crippen molar-refractivity contribution in [3.05, 3.63) is 0 Å². The third kappa shape index (κ3) is 5.50. The van der Waals surface area contributed by atoms with Crippen molar-refractivity contribution in [1.29, 1.82) is 0 Å². The summed E-state index contributed by atoms with van der Waals surface area (Å²) < 4.78 is 5.10. The summed E-state index contributed by atoms with van der Waals surface area (Å²) in [5.74, 6) is 0. The summed E-state index contributed by atoms with van der Waals surface area (Å²) in [4.78, 5) is 5.06. The lowest BCUT2D eigenvalue weighted by molar-refractivity contribution is 0.0800. The first-order chi connectivity index (χ1) is 7.01. The van der Waals surface area contributed by atoms with E-state index in [1.54, 1.807) is 7.11 Å². The summed E-state index contributed by atoms with van der Waals surface area (Å²) in [7, 11) is 1.77. The predicted octanol–water partition coefficient (Wildman–Crippen LogP) is 1.30. The molecule has 0 amide bonds. The van der Waals surface area contributed by atoms with Crippen molar-refractivity contribution < 1.29 is 4.74 Å². The van der Waals surface area contributed by atoms with E-state index in [2.05, 4.69) is 30.6 Å². The standard InChI is InChI=1S/C12H26N2O/c1-12(2,3)11-14-7-5-13(6-8-14)9-10-15-4/h5-11H2,1-4H3. The van der Waals surface area contributed by atoms with Crippen molar-refractivity contribution in [2.75, 3.05) is 53.0 Å². The van der Waals surface area contributed by atoms with Gasteiger partial charge in [0.15, 0.2) is 0 Å². The molecule has 0 aromatic carbocycles. The first-order valence-electron chi connectivity index (χ1n) is 5.95. The van der Waals surface area contributed by atoms with Crippen LogP contribution in [0.25, 0.3) is 0 Å². The van der Waals surface area contributed by atoms with Crippen molar-refractivity contribution in [3.8, 4) is 0 Å². The number of piperazine rings is 1. The van der Waals surface area contributed by atoms with Crippen LogP contribution in [0.4, 0.5) is 0 Å². The summed E-state index contributed by atoms with van der Waals surface area (Å²) in [6.45, 7) is 14.9. The first-order valence-corrected chi connectivity index (χ1v) is 5.95. The lowest BCUT2D eigenvalue weighted by atomic mass is 9.96. The molecule has 0 saturated carbocycles. The maximum Gasteiger partial charge on any atom is 0.0589 e. The summed E-state index contributed by atoms with van der Waals surface area (Å²) in [6.07, 6.45) is 0. The van der Waals surface area contributed by atoms with Crippen molar-refractivity contribution >= 4 is 0 Å². The van der Waals surface area contributed by atoms with Crippen LogP contribution in [0.1, 0.15) is 20.8 Å².